The van der Waals surface area contributed by atoms with Crippen molar-refractivity contribution in [2.24, 2.45) is 0 Å². The van der Waals surface area contributed by atoms with Gasteiger partial charge in [0.05, 0.1) is 6.61 Å². The number of aromatic nitrogens is 1. The van der Waals surface area contributed by atoms with Gasteiger partial charge in [-0.3, -0.25) is 9.59 Å². The molecular formula is C25H27N3O3. The fraction of sp³-hybridized carbons (Fsp3) is 0.280. The summed E-state index contributed by atoms with van der Waals surface area (Å²) in [6.45, 7) is 3.78. The largest absolute Gasteiger partial charge is 0.494 e. The molecule has 1 aliphatic heterocycles. The van der Waals surface area contributed by atoms with E-state index < -0.39 is 0 Å². The standard InChI is InChI=1S/C25H27N3O3/c1-2-31-23-10-8-19(9-11-23)25(30)28-16-12-21(13-17-28)26-24(29)20-6-5-7-22(18-20)27-14-3-4-15-27/h3-11,14-15,18,21H,2,12-13,16-17H2,1H3,(H,26,29). The molecular weight excluding hydrogens is 390 g/mol. The first kappa shape index (κ1) is 20.7. The van der Waals surface area contributed by atoms with Crippen molar-refractivity contribution in [2.75, 3.05) is 19.7 Å². The van der Waals surface area contributed by atoms with Crippen molar-refractivity contribution in [1.29, 1.82) is 0 Å². The van der Waals surface area contributed by atoms with Gasteiger partial charge in [0, 0.05) is 48.3 Å². The van der Waals surface area contributed by atoms with Crippen molar-refractivity contribution in [3.63, 3.8) is 0 Å². The highest BCUT2D eigenvalue weighted by Gasteiger charge is 2.25. The molecule has 0 saturated carbocycles. The number of benzene rings is 2. The summed E-state index contributed by atoms with van der Waals surface area (Å²) in [7, 11) is 0. The molecule has 0 aliphatic carbocycles. The summed E-state index contributed by atoms with van der Waals surface area (Å²) in [5, 5.41) is 3.13. The van der Waals surface area contributed by atoms with Gasteiger partial charge in [0.1, 0.15) is 5.75 Å². The summed E-state index contributed by atoms with van der Waals surface area (Å²) >= 11 is 0. The van der Waals surface area contributed by atoms with E-state index in [1.807, 2.05) is 77.3 Å². The van der Waals surface area contributed by atoms with E-state index >= 15 is 0 Å². The summed E-state index contributed by atoms with van der Waals surface area (Å²) in [5.41, 5.74) is 2.25. The Bertz CT molecular complexity index is 1020. The molecule has 6 nitrogen and oxygen atoms in total. The topological polar surface area (TPSA) is 63.6 Å². The van der Waals surface area contributed by atoms with Gasteiger partial charge in [-0.2, -0.15) is 0 Å². The van der Waals surface area contributed by atoms with E-state index in [9.17, 15) is 9.59 Å². The Morgan fingerprint density at radius 2 is 1.68 bits per heavy atom. The van der Waals surface area contributed by atoms with E-state index in [1.165, 1.54) is 0 Å². The number of ether oxygens (including phenoxy) is 1. The van der Waals surface area contributed by atoms with Crippen LogP contribution in [-0.2, 0) is 0 Å². The lowest BCUT2D eigenvalue weighted by molar-refractivity contribution is 0.0698. The number of hydrogen-bond acceptors (Lipinski definition) is 3. The fourth-order valence-corrected chi connectivity index (χ4v) is 3.85. The van der Waals surface area contributed by atoms with Crippen LogP contribution in [0.1, 0.15) is 40.5 Å². The molecule has 0 atom stereocenters. The monoisotopic (exact) mass is 417 g/mol. The molecule has 3 aromatic rings. The fourth-order valence-electron chi connectivity index (χ4n) is 3.85. The third-order valence-electron chi connectivity index (χ3n) is 5.54. The van der Waals surface area contributed by atoms with Crippen molar-refractivity contribution < 1.29 is 14.3 Å². The zero-order valence-corrected chi connectivity index (χ0v) is 17.7. The molecule has 0 bridgehead atoms. The van der Waals surface area contributed by atoms with Crippen LogP contribution in [0.4, 0.5) is 0 Å². The van der Waals surface area contributed by atoms with E-state index in [1.54, 1.807) is 12.1 Å². The number of nitrogens with zero attached hydrogens (tertiary/aromatic N) is 2. The van der Waals surface area contributed by atoms with Crippen molar-refractivity contribution >= 4 is 11.8 Å². The highest BCUT2D eigenvalue weighted by atomic mass is 16.5. The summed E-state index contributed by atoms with van der Waals surface area (Å²) in [4.78, 5) is 27.4. The second-order valence-electron chi connectivity index (χ2n) is 7.64. The Balaban J connectivity index is 1.31. The van der Waals surface area contributed by atoms with Gasteiger partial charge in [-0.15, -0.1) is 0 Å². The van der Waals surface area contributed by atoms with Crippen LogP contribution in [0.3, 0.4) is 0 Å². The van der Waals surface area contributed by atoms with Crippen LogP contribution < -0.4 is 10.1 Å². The van der Waals surface area contributed by atoms with E-state index in [4.69, 9.17) is 4.74 Å². The lowest BCUT2D eigenvalue weighted by atomic mass is 10.0. The van der Waals surface area contributed by atoms with Crippen LogP contribution >= 0.6 is 0 Å². The SMILES string of the molecule is CCOc1ccc(C(=O)N2CCC(NC(=O)c3cccc(-n4cccc4)c3)CC2)cc1. The number of carbonyl (C=O) groups excluding carboxylic acids is 2. The minimum atomic E-state index is -0.0784. The first-order chi connectivity index (χ1) is 15.1. The van der Waals surface area contributed by atoms with E-state index in [0.717, 1.165) is 24.3 Å². The number of carbonyl (C=O) groups is 2. The summed E-state index contributed by atoms with van der Waals surface area (Å²) < 4.78 is 7.41. The van der Waals surface area contributed by atoms with Gasteiger partial charge in [-0.1, -0.05) is 6.07 Å². The molecule has 0 unspecified atom stereocenters. The second kappa shape index (κ2) is 9.51. The van der Waals surface area contributed by atoms with Crippen LogP contribution in [0, 0.1) is 0 Å². The molecule has 0 radical (unpaired) electrons. The lowest BCUT2D eigenvalue weighted by Crippen LogP contribution is -2.46. The van der Waals surface area contributed by atoms with Gasteiger partial charge in [0.15, 0.2) is 0 Å². The van der Waals surface area contributed by atoms with Gasteiger partial charge in [0.2, 0.25) is 0 Å². The molecule has 1 aliphatic rings. The minimum Gasteiger partial charge on any atom is -0.494 e. The molecule has 1 N–H and O–H groups in total. The molecule has 1 saturated heterocycles. The molecule has 2 amide bonds. The van der Waals surface area contributed by atoms with E-state index in [2.05, 4.69) is 5.32 Å². The van der Waals surface area contributed by atoms with Crippen molar-refractivity contribution in [1.82, 2.24) is 14.8 Å². The number of hydrogen-bond donors (Lipinski definition) is 1. The maximum absolute atomic E-state index is 12.8. The average molecular weight is 418 g/mol. The number of likely N-dealkylation sites (tertiary alicyclic amines) is 1. The van der Waals surface area contributed by atoms with Gasteiger partial charge in [-0.25, -0.2) is 0 Å². The molecule has 4 rings (SSSR count). The smallest absolute Gasteiger partial charge is 0.253 e. The van der Waals surface area contributed by atoms with Crippen LogP contribution in [0.2, 0.25) is 0 Å². The lowest BCUT2D eigenvalue weighted by Gasteiger charge is -2.32. The number of piperidine rings is 1. The third kappa shape index (κ3) is 4.97. The molecule has 31 heavy (non-hydrogen) atoms. The summed E-state index contributed by atoms with van der Waals surface area (Å²) in [6.07, 6.45) is 5.39. The molecule has 2 heterocycles. The first-order valence-electron chi connectivity index (χ1n) is 10.7. The number of rotatable bonds is 6. The molecule has 160 valence electrons. The molecule has 1 fully saturated rings. The maximum atomic E-state index is 12.8. The predicted molar refractivity (Wildman–Crippen MR) is 120 cm³/mol. The highest BCUT2D eigenvalue weighted by molar-refractivity contribution is 5.95. The number of amides is 2. The predicted octanol–water partition coefficient (Wildman–Crippen LogP) is 3.91. The molecule has 1 aromatic heterocycles. The Hall–Kier alpha value is -3.54. The molecule has 6 heteroatoms. The quantitative estimate of drug-likeness (QED) is 0.661. The van der Waals surface area contributed by atoms with Gasteiger partial charge in [-0.05, 0) is 74.4 Å². The van der Waals surface area contributed by atoms with Crippen molar-refractivity contribution in [2.45, 2.75) is 25.8 Å². The maximum Gasteiger partial charge on any atom is 0.253 e. The zero-order chi connectivity index (χ0) is 21.6. The van der Waals surface area contributed by atoms with Crippen molar-refractivity contribution in [3.8, 4) is 11.4 Å². The van der Waals surface area contributed by atoms with E-state index in [-0.39, 0.29) is 17.9 Å². The first-order valence-corrected chi connectivity index (χ1v) is 10.7. The number of nitrogens with one attached hydrogen (secondary N) is 1. The Labute approximate surface area is 182 Å². The van der Waals surface area contributed by atoms with E-state index in [0.29, 0.717) is 30.8 Å². The molecule has 0 spiro atoms. The van der Waals surface area contributed by atoms with Crippen LogP contribution in [-0.4, -0.2) is 47.0 Å². The zero-order valence-electron chi connectivity index (χ0n) is 17.7. The van der Waals surface area contributed by atoms with Gasteiger partial charge in [0.25, 0.3) is 11.8 Å². The highest BCUT2D eigenvalue weighted by Crippen LogP contribution is 2.18. The van der Waals surface area contributed by atoms with Gasteiger partial charge < -0.3 is 19.5 Å². The third-order valence-corrected chi connectivity index (χ3v) is 5.54. The molecule has 2 aromatic carbocycles. The Morgan fingerprint density at radius 3 is 2.35 bits per heavy atom. The minimum absolute atomic E-state index is 0.0206. The Morgan fingerprint density at radius 1 is 0.968 bits per heavy atom. The van der Waals surface area contributed by atoms with Crippen LogP contribution in [0.5, 0.6) is 5.75 Å². The van der Waals surface area contributed by atoms with Crippen molar-refractivity contribution in [3.05, 3.63) is 84.2 Å². The Kier molecular flexibility index (Phi) is 6.36. The summed E-state index contributed by atoms with van der Waals surface area (Å²) in [5.74, 6) is 0.707. The second-order valence-corrected chi connectivity index (χ2v) is 7.64. The normalized spacial score (nSPS) is 14.3. The van der Waals surface area contributed by atoms with Gasteiger partial charge >= 0.3 is 0 Å². The van der Waals surface area contributed by atoms with Crippen LogP contribution in [0.15, 0.2) is 73.1 Å². The summed E-state index contributed by atoms with van der Waals surface area (Å²) in [6, 6.07) is 18.8. The van der Waals surface area contributed by atoms with Crippen LogP contribution in [0.25, 0.3) is 5.69 Å². The average Bonchev–Trinajstić information content (AvgIpc) is 3.35.